The number of esters is 1. The SMILES string of the molecule is COc1ccc(COC(=O)C2=C(CSc3c(C)cc(OC)cc3C)CSC3C(NC(=O)Cc4ccccc4)C(=O)N23)cc1. The number of fused-ring (bicyclic) bond motifs is 1. The molecular weight excluding hydrogens is 585 g/mol. The summed E-state index contributed by atoms with van der Waals surface area (Å²) in [5.41, 5.74) is 4.92. The van der Waals surface area contributed by atoms with E-state index in [0.717, 1.165) is 38.5 Å². The Morgan fingerprint density at radius 2 is 1.63 bits per heavy atom. The van der Waals surface area contributed by atoms with Crippen molar-refractivity contribution in [3.8, 4) is 11.5 Å². The summed E-state index contributed by atoms with van der Waals surface area (Å²) in [6, 6.07) is 19.9. The lowest BCUT2D eigenvalue weighted by Gasteiger charge is -2.49. The fourth-order valence-electron chi connectivity index (χ4n) is 5.14. The number of hydrogen-bond acceptors (Lipinski definition) is 8. The molecule has 2 atom stereocenters. The van der Waals surface area contributed by atoms with E-state index >= 15 is 0 Å². The largest absolute Gasteiger partial charge is 0.497 e. The maximum absolute atomic E-state index is 13.6. The molecule has 0 spiro atoms. The number of nitrogens with one attached hydrogen (secondary N) is 1. The summed E-state index contributed by atoms with van der Waals surface area (Å²) in [7, 11) is 3.24. The van der Waals surface area contributed by atoms with Crippen molar-refractivity contribution >= 4 is 41.3 Å². The molecule has 224 valence electrons. The number of aryl methyl sites for hydroxylation is 2. The fourth-order valence-corrected chi connectivity index (χ4v) is 7.75. The summed E-state index contributed by atoms with van der Waals surface area (Å²) in [5, 5.41) is 2.51. The highest BCUT2D eigenvalue weighted by atomic mass is 32.2. The number of hydrogen-bond donors (Lipinski definition) is 1. The van der Waals surface area contributed by atoms with Crippen LogP contribution in [0.25, 0.3) is 0 Å². The zero-order chi connectivity index (χ0) is 30.5. The maximum atomic E-state index is 13.6. The van der Waals surface area contributed by atoms with Gasteiger partial charge < -0.3 is 19.5 Å². The number of β-lactam (4-membered cyclic amide) rings is 1. The highest BCUT2D eigenvalue weighted by Gasteiger charge is 2.54. The molecule has 3 aromatic carbocycles. The Labute approximate surface area is 260 Å². The van der Waals surface area contributed by atoms with Crippen molar-refractivity contribution in [3.63, 3.8) is 0 Å². The van der Waals surface area contributed by atoms with Gasteiger partial charge in [-0.1, -0.05) is 42.5 Å². The van der Waals surface area contributed by atoms with E-state index in [1.165, 1.54) is 4.90 Å². The summed E-state index contributed by atoms with van der Waals surface area (Å²) in [6.45, 7) is 4.12. The number of rotatable bonds is 11. The standard InChI is InChI=1S/C33H34N2O6S2/c1-20-14-26(40-4)15-21(2)30(20)42-18-24-19-43-32-28(34-27(36)16-22-8-6-5-7-9-22)31(37)35(32)29(24)33(38)41-17-23-10-12-25(39-3)13-11-23/h5-15,28,32H,16-19H2,1-4H3,(H,34,36). The summed E-state index contributed by atoms with van der Waals surface area (Å²) in [4.78, 5) is 42.5. The van der Waals surface area contributed by atoms with E-state index in [9.17, 15) is 14.4 Å². The molecule has 2 heterocycles. The lowest BCUT2D eigenvalue weighted by molar-refractivity contribution is -0.153. The van der Waals surface area contributed by atoms with Crippen LogP contribution in [0.4, 0.5) is 0 Å². The van der Waals surface area contributed by atoms with Crippen LogP contribution in [0.5, 0.6) is 11.5 Å². The van der Waals surface area contributed by atoms with Crippen LogP contribution in [0.15, 0.2) is 82.9 Å². The smallest absolute Gasteiger partial charge is 0.355 e. The minimum atomic E-state index is -0.703. The van der Waals surface area contributed by atoms with E-state index in [0.29, 0.717) is 17.3 Å². The average Bonchev–Trinajstić information content (AvgIpc) is 3.02. The number of methoxy groups -OCH3 is 2. The van der Waals surface area contributed by atoms with Gasteiger partial charge in [0, 0.05) is 16.4 Å². The first-order chi connectivity index (χ1) is 20.8. The van der Waals surface area contributed by atoms with Gasteiger partial charge in [0.2, 0.25) is 5.91 Å². The van der Waals surface area contributed by atoms with Gasteiger partial charge in [-0.2, -0.15) is 0 Å². The third kappa shape index (κ3) is 6.86. The summed E-state index contributed by atoms with van der Waals surface area (Å²) >= 11 is 3.17. The maximum Gasteiger partial charge on any atom is 0.355 e. The van der Waals surface area contributed by atoms with Gasteiger partial charge in [-0.15, -0.1) is 23.5 Å². The van der Waals surface area contributed by atoms with Gasteiger partial charge >= 0.3 is 5.97 Å². The minimum absolute atomic E-state index is 0.0561. The van der Waals surface area contributed by atoms with Crippen molar-refractivity contribution in [1.29, 1.82) is 0 Å². The first kappa shape index (κ1) is 30.6. The number of ether oxygens (including phenoxy) is 3. The number of carbonyl (C=O) groups excluding carboxylic acids is 3. The molecule has 2 aliphatic rings. The summed E-state index contributed by atoms with van der Waals surface area (Å²) < 4.78 is 16.4. The molecule has 8 nitrogen and oxygen atoms in total. The van der Waals surface area contributed by atoms with Gasteiger partial charge in [0.05, 0.1) is 20.6 Å². The lowest BCUT2D eigenvalue weighted by Crippen LogP contribution is -2.70. The molecular formula is C33H34N2O6S2. The number of carbonyl (C=O) groups is 3. The first-order valence-corrected chi connectivity index (χ1v) is 15.9. The topological polar surface area (TPSA) is 94.2 Å². The van der Waals surface area contributed by atoms with E-state index in [1.807, 2.05) is 68.4 Å². The molecule has 43 heavy (non-hydrogen) atoms. The second-order valence-electron chi connectivity index (χ2n) is 10.4. The van der Waals surface area contributed by atoms with Crippen molar-refractivity contribution in [2.75, 3.05) is 25.7 Å². The lowest BCUT2D eigenvalue weighted by atomic mass is 10.0. The molecule has 2 aliphatic heterocycles. The Balaban J connectivity index is 1.35. The number of thioether (sulfide) groups is 2. The Morgan fingerprint density at radius 3 is 2.28 bits per heavy atom. The second-order valence-corrected chi connectivity index (χ2v) is 12.5. The van der Waals surface area contributed by atoms with Gasteiger partial charge in [-0.25, -0.2) is 4.79 Å². The van der Waals surface area contributed by atoms with Crippen LogP contribution in [0, 0.1) is 13.8 Å². The zero-order valence-corrected chi connectivity index (χ0v) is 26.2. The van der Waals surface area contributed by atoms with E-state index in [4.69, 9.17) is 14.2 Å². The van der Waals surface area contributed by atoms with E-state index in [2.05, 4.69) is 5.32 Å². The molecule has 1 N–H and O–H groups in total. The van der Waals surface area contributed by atoms with Crippen LogP contribution in [0.2, 0.25) is 0 Å². The fraction of sp³-hybridized carbons (Fsp3) is 0.303. The van der Waals surface area contributed by atoms with E-state index < -0.39 is 12.0 Å². The number of amides is 2. The average molecular weight is 619 g/mol. The van der Waals surface area contributed by atoms with Crippen molar-refractivity contribution in [1.82, 2.24) is 10.2 Å². The van der Waals surface area contributed by atoms with Crippen molar-refractivity contribution < 1.29 is 28.6 Å². The minimum Gasteiger partial charge on any atom is -0.497 e. The van der Waals surface area contributed by atoms with Gasteiger partial charge in [-0.05, 0) is 65.9 Å². The summed E-state index contributed by atoms with van der Waals surface area (Å²) in [5.74, 6) is 1.45. The second kappa shape index (κ2) is 13.6. The molecule has 2 amide bonds. The van der Waals surface area contributed by atoms with E-state index in [-0.39, 0.29) is 35.9 Å². The highest BCUT2D eigenvalue weighted by molar-refractivity contribution is 8.01. The monoisotopic (exact) mass is 618 g/mol. The van der Waals surface area contributed by atoms with Crippen molar-refractivity contribution in [2.45, 2.75) is 43.2 Å². The molecule has 0 aliphatic carbocycles. The molecule has 2 unspecified atom stereocenters. The van der Waals surface area contributed by atoms with Crippen LogP contribution in [-0.4, -0.2) is 59.8 Å². The molecule has 1 saturated heterocycles. The van der Waals surface area contributed by atoms with Crippen LogP contribution < -0.4 is 14.8 Å². The molecule has 0 radical (unpaired) electrons. The van der Waals surface area contributed by atoms with Crippen LogP contribution in [-0.2, 0) is 32.1 Å². The molecule has 0 bridgehead atoms. The third-order valence-electron chi connectivity index (χ3n) is 7.35. The molecule has 3 aromatic rings. The van der Waals surface area contributed by atoms with Crippen molar-refractivity contribution in [3.05, 3.63) is 100 Å². The van der Waals surface area contributed by atoms with E-state index in [1.54, 1.807) is 49.9 Å². The molecule has 1 fully saturated rings. The van der Waals surface area contributed by atoms with Crippen molar-refractivity contribution in [2.24, 2.45) is 0 Å². The van der Waals surface area contributed by atoms with Crippen LogP contribution in [0.1, 0.15) is 22.3 Å². The van der Waals surface area contributed by atoms with Gasteiger partial charge in [0.1, 0.15) is 35.2 Å². The van der Waals surface area contributed by atoms with Gasteiger partial charge in [-0.3, -0.25) is 14.5 Å². The molecule has 0 aromatic heterocycles. The predicted octanol–water partition coefficient (Wildman–Crippen LogP) is 5.05. The normalized spacial score (nSPS) is 17.6. The zero-order valence-electron chi connectivity index (χ0n) is 24.5. The quantitative estimate of drug-likeness (QED) is 0.181. The highest BCUT2D eigenvalue weighted by Crippen LogP contribution is 2.43. The Hall–Kier alpha value is -3.89. The van der Waals surface area contributed by atoms with Crippen LogP contribution in [0.3, 0.4) is 0 Å². The number of nitrogens with zero attached hydrogens (tertiary/aromatic N) is 1. The first-order valence-electron chi connectivity index (χ1n) is 13.9. The third-order valence-corrected chi connectivity index (χ3v) is 10.1. The Morgan fingerprint density at radius 1 is 0.953 bits per heavy atom. The molecule has 0 saturated carbocycles. The Kier molecular flexibility index (Phi) is 9.67. The Bertz CT molecular complexity index is 1520. The van der Waals surface area contributed by atoms with Gasteiger partial charge in [0.15, 0.2) is 0 Å². The van der Waals surface area contributed by atoms with Crippen LogP contribution >= 0.6 is 23.5 Å². The molecule has 5 rings (SSSR count). The number of benzene rings is 3. The molecule has 10 heteroatoms. The van der Waals surface area contributed by atoms with Gasteiger partial charge in [0.25, 0.3) is 5.91 Å². The predicted molar refractivity (Wildman–Crippen MR) is 168 cm³/mol. The summed E-state index contributed by atoms with van der Waals surface area (Å²) in [6.07, 6.45) is 0.178.